The second kappa shape index (κ2) is 20.7. The SMILES string of the molecule is Cc1ncsc1-c1ccc(CNC(=O)[C@@H]2C[C@@H](O)CN2C(=O)C(NC(=O)CCCCCCC(=O)N2CCC3(CC2)CCN(c2cc(-c4ccccc4O)nnc2N)CC3)C(C)(C)C)cc1. The maximum atomic E-state index is 14.0. The molecule has 2 aromatic heterocycles. The van der Waals surface area contributed by atoms with E-state index < -0.39 is 23.6 Å². The van der Waals surface area contributed by atoms with Crippen LogP contribution in [0.1, 0.15) is 103 Å². The number of rotatable bonds is 15. The van der Waals surface area contributed by atoms with Crippen molar-refractivity contribution in [3.05, 3.63) is 71.4 Å². The Balaban J connectivity index is 0.800. The van der Waals surface area contributed by atoms with Crippen molar-refractivity contribution in [1.29, 1.82) is 0 Å². The molecule has 3 atom stereocenters. The maximum Gasteiger partial charge on any atom is 0.246 e. The molecular formula is C49H65N9O6S. The molecule has 15 nitrogen and oxygen atoms in total. The van der Waals surface area contributed by atoms with E-state index in [2.05, 4.69) is 30.7 Å². The number of benzene rings is 2. The van der Waals surface area contributed by atoms with Crippen LogP contribution in [-0.2, 0) is 25.7 Å². The number of unbranched alkanes of at least 4 members (excludes halogenated alkanes) is 3. The molecule has 3 fully saturated rings. The molecule has 3 aliphatic rings. The predicted octanol–water partition coefficient (Wildman–Crippen LogP) is 6.22. The van der Waals surface area contributed by atoms with Crippen LogP contribution >= 0.6 is 11.3 Å². The van der Waals surface area contributed by atoms with Crippen molar-refractivity contribution < 1.29 is 29.4 Å². The number of aliphatic hydroxyl groups excluding tert-OH is 1. The van der Waals surface area contributed by atoms with Gasteiger partial charge in [-0.15, -0.1) is 21.5 Å². The highest BCUT2D eigenvalue weighted by Crippen LogP contribution is 2.43. The lowest BCUT2D eigenvalue weighted by atomic mass is 9.71. The molecule has 6 N–H and O–H groups in total. The Hall–Kier alpha value is -5.61. The zero-order valence-electron chi connectivity index (χ0n) is 38.2. The third-order valence-corrected chi connectivity index (χ3v) is 14.6. The summed E-state index contributed by atoms with van der Waals surface area (Å²) < 4.78 is 0. The van der Waals surface area contributed by atoms with Gasteiger partial charge < -0.3 is 41.3 Å². The van der Waals surface area contributed by atoms with Gasteiger partial charge in [0.15, 0.2) is 5.82 Å². The largest absolute Gasteiger partial charge is 0.507 e. The number of nitrogens with zero attached hydrogens (tertiary/aromatic N) is 6. The number of phenolic OH excluding ortho intramolecular Hbond substituents is 1. The van der Waals surface area contributed by atoms with Crippen molar-refractivity contribution in [3.63, 3.8) is 0 Å². The highest BCUT2D eigenvalue weighted by molar-refractivity contribution is 7.13. The maximum absolute atomic E-state index is 14.0. The standard InChI is InChI=1S/C49H65N9O6S/c1-32-43(65-31-52-32)34-17-15-33(16-18-34)29-51-46(63)39-27-35(59)30-58(39)47(64)44(48(2,3)4)53-41(61)13-7-5-6-8-14-42(62)57-25-21-49(22-26-57)19-23-56(24-20-49)38-28-37(54-55-45(38)50)36-11-9-10-12-40(36)60/h9-12,15-18,28,31,35,39,44,59-60H,5-8,13-14,19-27,29-30H2,1-4H3,(H2,50,55)(H,51,63)(H,53,61)/t35-,39+,44?/m1/s1. The van der Waals surface area contributed by atoms with Gasteiger partial charge in [-0.2, -0.15) is 0 Å². The summed E-state index contributed by atoms with van der Waals surface area (Å²) in [6, 6.07) is 15.2. The van der Waals surface area contributed by atoms with Gasteiger partial charge in [-0.1, -0.05) is 70.0 Å². The molecule has 3 aliphatic heterocycles. The lowest BCUT2D eigenvalue weighted by Gasteiger charge is -2.47. The van der Waals surface area contributed by atoms with Gasteiger partial charge >= 0.3 is 0 Å². The Morgan fingerprint density at radius 2 is 1.60 bits per heavy atom. The van der Waals surface area contributed by atoms with Gasteiger partial charge in [0.25, 0.3) is 0 Å². The van der Waals surface area contributed by atoms with Crippen LogP contribution in [0.15, 0.2) is 60.1 Å². The molecule has 4 aromatic rings. The Morgan fingerprint density at radius 1 is 0.923 bits per heavy atom. The van der Waals surface area contributed by atoms with Crippen molar-refractivity contribution in [3.8, 4) is 27.4 Å². The number of aromatic hydroxyl groups is 1. The van der Waals surface area contributed by atoms with Gasteiger partial charge in [-0.3, -0.25) is 19.2 Å². The first-order chi connectivity index (χ1) is 31.1. The van der Waals surface area contributed by atoms with E-state index in [0.717, 1.165) is 98.5 Å². The summed E-state index contributed by atoms with van der Waals surface area (Å²) in [6.07, 6.45) is 6.96. The summed E-state index contributed by atoms with van der Waals surface area (Å²) in [5.41, 5.74) is 12.6. The van der Waals surface area contributed by atoms with Crippen LogP contribution in [0.5, 0.6) is 5.75 Å². The number of anilines is 2. The van der Waals surface area contributed by atoms with E-state index in [9.17, 15) is 29.4 Å². The van der Waals surface area contributed by atoms with Gasteiger partial charge in [0.1, 0.15) is 17.8 Å². The quantitative estimate of drug-likeness (QED) is 0.0847. The number of carbonyl (C=O) groups is 4. The topological polar surface area (TPSA) is 207 Å². The molecule has 0 bridgehead atoms. The van der Waals surface area contributed by atoms with E-state index in [1.807, 2.05) is 80.6 Å². The summed E-state index contributed by atoms with van der Waals surface area (Å²) in [5, 5.41) is 35.3. The van der Waals surface area contributed by atoms with Gasteiger partial charge in [0, 0.05) is 64.1 Å². The molecule has 3 saturated heterocycles. The molecule has 1 spiro atoms. The van der Waals surface area contributed by atoms with Crippen LogP contribution in [0.4, 0.5) is 11.5 Å². The number of nitrogen functional groups attached to an aromatic ring is 1. The minimum Gasteiger partial charge on any atom is -0.507 e. The fraction of sp³-hybridized carbons (Fsp3) is 0.531. The Kier molecular flexibility index (Phi) is 15.1. The Morgan fingerprint density at radius 3 is 2.26 bits per heavy atom. The normalized spacial score (nSPS) is 19.0. The second-order valence-corrected chi connectivity index (χ2v) is 20.1. The van der Waals surface area contributed by atoms with Crippen LogP contribution in [-0.4, -0.2) is 110 Å². The molecule has 16 heteroatoms. The number of β-amino-alcohol motifs (C(OH)–C–C–N with tert-alkyl or cyclic N) is 1. The monoisotopic (exact) mass is 907 g/mol. The molecule has 7 rings (SSSR count). The van der Waals surface area contributed by atoms with Crippen LogP contribution in [0, 0.1) is 17.8 Å². The van der Waals surface area contributed by atoms with Gasteiger partial charge in [0.05, 0.1) is 33.6 Å². The highest BCUT2D eigenvalue weighted by Gasteiger charge is 2.44. The summed E-state index contributed by atoms with van der Waals surface area (Å²) in [6.45, 7) is 11.1. The van der Waals surface area contributed by atoms with Crippen LogP contribution in [0.3, 0.4) is 0 Å². The van der Waals surface area contributed by atoms with Crippen LogP contribution < -0.4 is 21.3 Å². The molecule has 65 heavy (non-hydrogen) atoms. The molecule has 0 aliphatic carbocycles. The lowest BCUT2D eigenvalue weighted by molar-refractivity contribution is -0.144. The number of nitrogens with one attached hydrogen (secondary N) is 2. The van der Waals surface area contributed by atoms with Crippen molar-refractivity contribution in [2.75, 3.05) is 43.4 Å². The number of carbonyl (C=O) groups excluding carboxylic acids is 4. The van der Waals surface area contributed by atoms with Gasteiger partial charge in [-0.25, -0.2) is 4.98 Å². The Labute approximate surface area is 386 Å². The number of piperidine rings is 2. The number of aryl methyl sites for hydroxylation is 1. The third kappa shape index (κ3) is 11.6. The number of likely N-dealkylation sites (tertiary alicyclic amines) is 2. The number of para-hydroxylation sites is 1. The summed E-state index contributed by atoms with van der Waals surface area (Å²) in [7, 11) is 0. The second-order valence-electron chi connectivity index (χ2n) is 19.2. The summed E-state index contributed by atoms with van der Waals surface area (Å²) in [5.74, 6) is -0.256. The number of hydrogen-bond donors (Lipinski definition) is 5. The minimum absolute atomic E-state index is 0.0173. The number of phenols is 1. The smallest absolute Gasteiger partial charge is 0.246 e. The first-order valence-electron chi connectivity index (χ1n) is 23.1. The fourth-order valence-electron chi connectivity index (χ4n) is 9.51. The Bertz CT molecular complexity index is 2290. The minimum atomic E-state index is -0.881. The highest BCUT2D eigenvalue weighted by atomic mass is 32.1. The average molecular weight is 908 g/mol. The molecule has 0 saturated carbocycles. The number of aliphatic hydroxyl groups is 1. The van der Waals surface area contributed by atoms with E-state index in [4.69, 9.17) is 5.73 Å². The molecule has 2 aromatic carbocycles. The van der Waals surface area contributed by atoms with Gasteiger partial charge in [0.2, 0.25) is 23.6 Å². The lowest BCUT2D eigenvalue weighted by Crippen LogP contribution is -2.57. The van der Waals surface area contributed by atoms with E-state index >= 15 is 0 Å². The fourth-order valence-corrected chi connectivity index (χ4v) is 10.3. The number of thiazole rings is 1. The average Bonchev–Trinajstić information content (AvgIpc) is 3.91. The van der Waals surface area contributed by atoms with E-state index in [-0.39, 0.29) is 60.7 Å². The van der Waals surface area contributed by atoms with E-state index in [0.29, 0.717) is 29.9 Å². The first-order valence-corrected chi connectivity index (χ1v) is 24.0. The number of aromatic nitrogens is 3. The van der Waals surface area contributed by atoms with Crippen molar-refractivity contribution >= 4 is 46.5 Å². The van der Waals surface area contributed by atoms with Crippen LogP contribution in [0.2, 0.25) is 0 Å². The van der Waals surface area contributed by atoms with Crippen LogP contribution in [0.25, 0.3) is 21.7 Å². The summed E-state index contributed by atoms with van der Waals surface area (Å²) >= 11 is 1.58. The number of hydrogen-bond acceptors (Lipinski definition) is 12. The van der Waals surface area contributed by atoms with E-state index in [1.54, 1.807) is 23.5 Å². The molecule has 0 radical (unpaired) electrons. The number of nitrogens with two attached hydrogens (primary N) is 1. The predicted molar refractivity (Wildman–Crippen MR) is 253 cm³/mol. The van der Waals surface area contributed by atoms with Crippen molar-refractivity contribution in [2.24, 2.45) is 10.8 Å². The molecule has 1 unspecified atom stereocenters. The number of amides is 4. The molecule has 5 heterocycles. The van der Waals surface area contributed by atoms with Crippen molar-refractivity contribution in [2.45, 2.75) is 123 Å². The molecular weight excluding hydrogens is 843 g/mol. The zero-order chi connectivity index (χ0) is 46.3. The zero-order valence-corrected chi connectivity index (χ0v) is 39.0. The van der Waals surface area contributed by atoms with Crippen molar-refractivity contribution in [1.82, 2.24) is 35.6 Å². The summed E-state index contributed by atoms with van der Waals surface area (Å²) in [4.78, 5) is 65.1. The van der Waals surface area contributed by atoms with E-state index in [1.165, 1.54) is 4.90 Å². The first kappa shape index (κ1) is 47.4. The van der Waals surface area contributed by atoms with Gasteiger partial charge in [-0.05, 0) is 85.6 Å². The third-order valence-electron chi connectivity index (χ3n) is 13.6. The molecule has 4 amide bonds. The molecule has 348 valence electrons.